The van der Waals surface area contributed by atoms with E-state index < -0.39 is 0 Å². The van der Waals surface area contributed by atoms with Crippen LogP contribution >= 0.6 is 23.8 Å². The molecule has 20 heavy (non-hydrogen) atoms. The van der Waals surface area contributed by atoms with Crippen molar-refractivity contribution in [1.29, 1.82) is 0 Å². The summed E-state index contributed by atoms with van der Waals surface area (Å²) in [5.41, 5.74) is 6.23. The summed E-state index contributed by atoms with van der Waals surface area (Å²) in [6.45, 7) is 2.47. The zero-order valence-electron chi connectivity index (χ0n) is 10.9. The molecule has 0 aliphatic rings. The van der Waals surface area contributed by atoms with Crippen LogP contribution in [-0.2, 0) is 0 Å². The molecule has 0 aliphatic carbocycles. The monoisotopic (exact) mass is 307 g/mol. The van der Waals surface area contributed by atoms with E-state index >= 15 is 0 Å². The van der Waals surface area contributed by atoms with Crippen LogP contribution < -0.4 is 15.2 Å². The van der Waals surface area contributed by atoms with Gasteiger partial charge in [0.15, 0.2) is 11.5 Å². The average Bonchev–Trinajstić information content (AvgIpc) is 2.41. The average molecular weight is 308 g/mol. The highest BCUT2D eigenvalue weighted by Gasteiger charge is 2.13. The van der Waals surface area contributed by atoms with Gasteiger partial charge in [0.2, 0.25) is 0 Å². The third kappa shape index (κ3) is 3.21. The minimum Gasteiger partial charge on any atom is -0.490 e. The summed E-state index contributed by atoms with van der Waals surface area (Å²) in [7, 11) is 0. The number of thiocarbonyl (C=S) groups is 1. The largest absolute Gasteiger partial charge is 0.490 e. The fraction of sp³-hybridized carbons (Fsp3) is 0.133. The van der Waals surface area contributed by atoms with Crippen molar-refractivity contribution in [3.63, 3.8) is 0 Å². The normalized spacial score (nSPS) is 10.1. The van der Waals surface area contributed by atoms with Crippen LogP contribution in [0.2, 0.25) is 5.02 Å². The lowest BCUT2D eigenvalue weighted by atomic mass is 10.2. The summed E-state index contributed by atoms with van der Waals surface area (Å²) in [5.74, 6) is 1.76. The van der Waals surface area contributed by atoms with E-state index in [0.29, 0.717) is 34.4 Å². The molecule has 0 atom stereocenters. The number of halogens is 1. The summed E-state index contributed by atoms with van der Waals surface area (Å²) in [6, 6.07) is 12.7. The highest BCUT2D eigenvalue weighted by atomic mass is 35.5. The fourth-order valence-corrected chi connectivity index (χ4v) is 2.29. The number of hydrogen-bond acceptors (Lipinski definition) is 3. The van der Waals surface area contributed by atoms with E-state index in [1.54, 1.807) is 18.2 Å². The molecular weight excluding hydrogens is 294 g/mol. The number of para-hydroxylation sites is 2. The second kappa shape index (κ2) is 6.59. The predicted molar refractivity (Wildman–Crippen MR) is 85.0 cm³/mol. The van der Waals surface area contributed by atoms with Gasteiger partial charge in [0, 0.05) is 0 Å². The molecule has 0 bridgehead atoms. The summed E-state index contributed by atoms with van der Waals surface area (Å²) in [6.07, 6.45) is 0. The Labute approximate surface area is 128 Å². The van der Waals surface area contributed by atoms with Crippen LogP contribution in [0.1, 0.15) is 12.5 Å². The molecule has 0 saturated heterocycles. The number of benzene rings is 2. The Morgan fingerprint density at radius 3 is 2.40 bits per heavy atom. The highest BCUT2D eigenvalue weighted by molar-refractivity contribution is 7.80. The minimum absolute atomic E-state index is 0.194. The van der Waals surface area contributed by atoms with Crippen molar-refractivity contribution in [3.05, 3.63) is 53.1 Å². The molecule has 0 radical (unpaired) electrons. The molecule has 0 fully saturated rings. The van der Waals surface area contributed by atoms with E-state index in [-0.39, 0.29) is 4.99 Å². The van der Waals surface area contributed by atoms with Crippen LogP contribution in [0, 0.1) is 0 Å². The molecule has 0 aliphatic heterocycles. The highest BCUT2D eigenvalue weighted by Crippen LogP contribution is 2.35. The van der Waals surface area contributed by atoms with E-state index in [1.807, 2.05) is 31.2 Å². The van der Waals surface area contributed by atoms with Crippen molar-refractivity contribution in [2.75, 3.05) is 6.61 Å². The van der Waals surface area contributed by atoms with Crippen LogP contribution in [0.3, 0.4) is 0 Å². The van der Waals surface area contributed by atoms with E-state index in [2.05, 4.69) is 0 Å². The van der Waals surface area contributed by atoms with Crippen molar-refractivity contribution < 1.29 is 9.47 Å². The van der Waals surface area contributed by atoms with Crippen LogP contribution in [0.15, 0.2) is 42.5 Å². The third-order valence-electron chi connectivity index (χ3n) is 2.59. The molecule has 2 N–H and O–H groups in total. The molecule has 0 unspecified atom stereocenters. The Morgan fingerprint density at radius 2 is 1.75 bits per heavy atom. The van der Waals surface area contributed by atoms with Gasteiger partial charge in [-0.05, 0) is 31.2 Å². The molecule has 0 spiro atoms. The Hall–Kier alpha value is -1.78. The molecule has 0 heterocycles. The standard InChI is InChI=1S/C15H14ClNO2S/c1-2-18-11-7-3-4-8-12(11)19-13-9-5-6-10(16)14(13)15(17)20/h3-9H,2H2,1H3,(H2,17,20). The minimum atomic E-state index is 0.194. The second-order valence-corrected chi connectivity index (χ2v) is 4.81. The first-order valence-electron chi connectivity index (χ1n) is 6.11. The molecule has 5 heteroatoms. The van der Waals surface area contributed by atoms with E-state index in [9.17, 15) is 0 Å². The van der Waals surface area contributed by atoms with Crippen LogP contribution in [0.4, 0.5) is 0 Å². The topological polar surface area (TPSA) is 44.5 Å². The van der Waals surface area contributed by atoms with E-state index in [4.69, 9.17) is 39.0 Å². The summed E-state index contributed by atoms with van der Waals surface area (Å²) in [5, 5.41) is 0.462. The van der Waals surface area contributed by atoms with Crippen LogP contribution in [0.25, 0.3) is 0 Å². The Balaban J connectivity index is 2.40. The Kier molecular flexibility index (Phi) is 4.82. The second-order valence-electron chi connectivity index (χ2n) is 3.96. The Morgan fingerprint density at radius 1 is 1.10 bits per heavy atom. The summed E-state index contributed by atoms with van der Waals surface area (Å²) >= 11 is 11.1. The molecule has 0 saturated carbocycles. The molecule has 0 amide bonds. The van der Waals surface area contributed by atoms with Gasteiger partial charge in [0.1, 0.15) is 10.7 Å². The maximum absolute atomic E-state index is 6.11. The van der Waals surface area contributed by atoms with Gasteiger partial charge in [0.25, 0.3) is 0 Å². The molecule has 104 valence electrons. The maximum Gasteiger partial charge on any atom is 0.169 e. The summed E-state index contributed by atoms with van der Waals surface area (Å²) < 4.78 is 11.4. The predicted octanol–water partition coefficient (Wildman–Crippen LogP) is 4.17. The van der Waals surface area contributed by atoms with Crippen LogP contribution in [0.5, 0.6) is 17.2 Å². The van der Waals surface area contributed by atoms with Crippen molar-refractivity contribution in [3.8, 4) is 17.2 Å². The van der Waals surface area contributed by atoms with Crippen molar-refractivity contribution in [2.24, 2.45) is 5.73 Å². The summed E-state index contributed by atoms with van der Waals surface area (Å²) in [4.78, 5) is 0.194. The third-order valence-corrected chi connectivity index (χ3v) is 3.11. The van der Waals surface area contributed by atoms with Crippen LogP contribution in [-0.4, -0.2) is 11.6 Å². The van der Waals surface area contributed by atoms with Gasteiger partial charge in [-0.25, -0.2) is 0 Å². The lowest BCUT2D eigenvalue weighted by Gasteiger charge is -2.14. The molecule has 2 aromatic carbocycles. The van der Waals surface area contributed by atoms with E-state index in [0.717, 1.165) is 0 Å². The van der Waals surface area contributed by atoms with Gasteiger partial charge >= 0.3 is 0 Å². The van der Waals surface area contributed by atoms with Crippen molar-refractivity contribution in [2.45, 2.75) is 6.92 Å². The first kappa shape index (κ1) is 14.6. The van der Waals surface area contributed by atoms with Gasteiger partial charge in [0.05, 0.1) is 17.2 Å². The first-order valence-corrected chi connectivity index (χ1v) is 6.90. The number of nitrogens with two attached hydrogens (primary N) is 1. The van der Waals surface area contributed by atoms with Crippen molar-refractivity contribution in [1.82, 2.24) is 0 Å². The van der Waals surface area contributed by atoms with Gasteiger partial charge in [-0.15, -0.1) is 0 Å². The molecule has 0 aromatic heterocycles. The van der Waals surface area contributed by atoms with Gasteiger partial charge in [-0.1, -0.05) is 42.0 Å². The lowest BCUT2D eigenvalue weighted by Crippen LogP contribution is -2.11. The van der Waals surface area contributed by atoms with Gasteiger partial charge in [-0.2, -0.15) is 0 Å². The van der Waals surface area contributed by atoms with E-state index in [1.165, 1.54) is 0 Å². The number of rotatable bonds is 5. The van der Waals surface area contributed by atoms with Gasteiger partial charge in [-0.3, -0.25) is 0 Å². The maximum atomic E-state index is 6.11. The number of hydrogen-bond donors (Lipinski definition) is 1. The number of ether oxygens (including phenoxy) is 2. The zero-order chi connectivity index (χ0) is 14.5. The Bertz CT molecular complexity index is 631. The fourth-order valence-electron chi connectivity index (χ4n) is 1.76. The SMILES string of the molecule is CCOc1ccccc1Oc1cccc(Cl)c1C(N)=S. The zero-order valence-corrected chi connectivity index (χ0v) is 12.5. The van der Waals surface area contributed by atoms with Gasteiger partial charge < -0.3 is 15.2 Å². The molecular formula is C15H14ClNO2S. The first-order chi connectivity index (χ1) is 9.63. The molecule has 2 rings (SSSR count). The lowest BCUT2D eigenvalue weighted by molar-refractivity contribution is 0.321. The molecule has 2 aromatic rings. The van der Waals surface area contributed by atoms with Crippen molar-refractivity contribution >= 4 is 28.8 Å². The molecule has 3 nitrogen and oxygen atoms in total. The quantitative estimate of drug-likeness (QED) is 0.842. The smallest absolute Gasteiger partial charge is 0.169 e.